The number of hydrogen-bond acceptors (Lipinski definition) is 3. The molecule has 0 radical (unpaired) electrons. The van der Waals surface area contributed by atoms with Crippen molar-refractivity contribution in [3.05, 3.63) is 18.2 Å². The molecule has 1 aromatic heterocycles. The van der Waals surface area contributed by atoms with Crippen molar-refractivity contribution < 1.29 is 0 Å². The summed E-state index contributed by atoms with van der Waals surface area (Å²) < 4.78 is 2.27. The monoisotopic (exact) mass is 262 g/mol. The largest absolute Gasteiger partial charge is 0.333 e. The lowest BCUT2D eigenvalue weighted by molar-refractivity contribution is 0.101. The Morgan fingerprint density at radius 3 is 3.11 bits per heavy atom. The maximum Gasteiger partial charge on any atom is 0.122 e. The Hall–Kier alpha value is -0.870. The van der Waals surface area contributed by atoms with E-state index >= 15 is 0 Å². The molecule has 2 aliphatic rings. The highest BCUT2D eigenvalue weighted by atomic mass is 15.2. The summed E-state index contributed by atoms with van der Waals surface area (Å²) in [5, 5.41) is 0. The number of rotatable bonds is 2. The molecule has 0 amide bonds. The first kappa shape index (κ1) is 13.1. The van der Waals surface area contributed by atoms with Gasteiger partial charge in [0.25, 0.3) is 0 Å². The van der Waals surface area contributed by atoms with E-state index in [1.165, 1.54) is 25.1 Å². The Balaban J connectivity index is 1.62. The Morgan fingerprint density at radius 2 is 2.26 bits per heavy atom. The molecule has 3 rings (SSSR count). The molecule has 106 valence electrons. The minimum absolute atomic E-state index is 0.384. The van der Waals surface area contributed by atoms with Crippen LogP contribution < -0.4 is 5.73 Å². The van der Waals surface area contributed by atoms with Gasteiger partial charge in [-0.25, -0.2) is 4.98 Å². The normalized spacial score (nSPS) is 31.1. The third-order valence-electron chi connectivity index (χ3n) is 4.89. The van der Waals surface area contributed by atoms with Gasteiger partial charge in [0, 0.05) is 38.1 Å². The number of nitrogens with zero attached hydrogens (tertiary/aromatic N) is 3. The Bertz CT molecular complexity index is 437. The second-order valence-corrected chi connectivity index (χ2v) is 7.10. The molecule has 1 aromatic rings. The van der Waals surface area contributed by atoms with Gasteiger partial charge in [-0.2, -0.15) is 0 Å². The van der Waals surface area contributed by atoms with Crippen molar-refractivity contribution in [1.82, 2.24) is 14.5 Å². The molecule has 1 aliphatic carbocycles. The standard InChI is InChI=1S/C15H26N4/c1-15(2)4-3-13(16)12(9-15)10-18-7-8-19-6-5-17-14(19)11-18/h5-6,12-13H,3-4,7-11,16H2,1-2H3. The minimum atomic E-state index is 0.384. The van der Waals surface area contributed by atoms with E-state index < -0.39 is 0 Å². The molecular formula is C15H26N4. The van der Waals surface area contributed by atoms with Crippen LogP contribution in [0.3, 0.4) is 0 Å². The van der Waals surface area contributed by atoms with Gasteiger partial charge in [-0.05, 0) is 30.6 Å². The fraction of sp³-hybridized carbons (Fsp3) is 0.800. The highest BCUT2D eigenvalue weighted by Crippen LogP contribution is 2.38. The number of fused-ring (bicyclic) bond motifs is 1. The highest BCUT2D eigenvalue weighted by Gasteiger charge is 2.34. The van der Waals surface area contributed by atoms with Crippen molar-refractivity contribution >= 4 is 0 Å². The molecule has 2 unspecified atom stereocenters. The van der Waals surface area contributed by atoms with Gasteiger partial charge in [-0.15, -0.1) is 0 Å². The van der Waals surface area contributed by atoms with Crippen LogP contribution in [0.5, 0.6) is 0 Å². The fourth-order valence-electron chi connectivity index (χ4n) is 3.67. The second-order valence-electron chi connectivity index (χ2n) is 7.10. The third kappa shape index (κ3) is 2.84. The van der Waals surface area contributed by atoms with Crippen LogP contribution in [0.1, 0.15) is 38.9 Å². The van der Waals surface area contributed by atoms with Crippen LogP contribution in [0.4, 0.5) is 0 Å². The van der Waals surface area contributed by atoms with Gasteiger partial charge < -0.3 is 10.3 Å². The molecule has 0 aromatic carbocycles. The van der Waals surface area contributed by atoms with Gasteiger partial charge in [-0.3, -0.25) is 4.90 Å². The van der Waals surface area contributed by atoms with E-state index in [1.54, 1.807) is 0 Å². The zero-order valence-electron chi connectivity index (χ0n) is 12.2. The average molecular weight is 262 g/mol. The zero-order chi connectivity index (χ0) is 13.5. The van der Waals surface area contributed by atoms with Crippen LogP contribution in [0.15, 0.2) is 12.4 Å². The third-order valence-corrected chi connectivity index (χ3v) is 4.89. The van der Waals surface area contributed by atoms with Crippen LogP contribution >= 0.6 is 0 Å². The molecule has 1 saturated carbocycles. The van der Waals surface area contributed by atoms with Crippen molar-refractivity contribution in [2.45, 2.75) is 52.2 Å². The first-order chi connectivity index (χ1) is 9.03. The summed E-state index contributed by atoms with van der Waals surface area (Å²) in [6.07, 6.45) is 7.71. The molecule has 2 N–H and O–H groups in total. The van der Waals surface area contributed by atoms with E-state index in [1.807, 2.05) is 6.20 Å². The molecular weight excluding hydrogens is 236 g/mol. The van der Waals surface area contributed by atoms with Crippen molar-refractivity contribution in [2.75, 3.05) is 13.1 Å². The van der Waals surface area contributed by atoms with Gasteiger partial charge in [-0.1, -0.05) is 13.8 Å². The number of aromatic nitrogens is 2. The Labute approximate surface area is 116 Å². The van der Waals surface area contributed by atoms with Crippen molar-refractivity contribution in [1.29, 1.82) is 0 Å². The first-order valence-corrected chi connectivity index (χ1v) is 7.51. The van der Waals surface area contributed by atoms with E-state index in [2.05, 4.69) is 34.5 Å². The lowest BCUT2D eigenvalue weighted by Crippen LogP contribution is -2.46. The van der Waals surface area contributed by atoms with Gasteiger partial charge >= 0.3 is 0 Å². The second kappa shape index (κ2) is 4.91. The Morgan fingerprint density at radius 1 is 1.42 bits per heavy atom. The van der Waals surface area contributed by atoms with Crippen LogP contribution in [0.25, 0.3) is 0 Å². The molecule has 1 aliphatic heterocycles. The molecule has 4 nitrogen and oxygen atoms in total. The van der Waals surface area contributed by atoms with Gasteiger partial charge in [0.15, 0.2) is 0 Å². The van der Waals surface area contributed by atoms with E-state index in [9.17, 15) is 0 Å². The lowest BCUT2D eigenvalue weighted by atomic mass is 9.70. The van der Waals surface area contributed by atoms with Crippen molar-refractivity contribution in [2.24, 2.45) is 17.1 Å². The summed E-state index contributed by atoms with van der Waals surface area (Å²) in [6, 6.07) is 0.384. The Kier molecular flexibility index (Phi) is 3.39. The number of hydrogen-bond donors (Lipinski definition) is 1. The molecule has 0 spiro atoms. The summed E-state index contributed by atoms with van der Waals surface area (Å²) in [6.45, 7) is 9.09. The van der Waals surface area contributed by atoms with E-state index in [0.717, 1.165) is 26.2 Å². The van der Waals surface area contributed by atoms with Crippen LogP contribution in [-0.4, -0.2) is 33.6 Å². The van der Waals surface area contributed by atoms with Crippen molar-refractivity contribution in [3.8, 4) is 0 Å². The van der Waals surface area contributed by atoms with Crippen LogP contribution in [0, 0.1) is 11.3 Å². The smallest absolute Gasteiger partial charge is 0.122 e. The summed E-state index contributed by atoms with van der Waals surface area (Å²) in [5.74, 6) is 1.85. The highest BCUT2D eigenvalue weighted by molar-refractivity contribution is 4.97. The maximum atomic E-state index is 6.34. The lowest BCUT2D eigenvalue weighted by Gasteiger charge is -2.42. The van der Waals surface area contributed by atoms with Crippen LogP contribution in [0.2, 0.25) is 0 Å². The fourth-order valence-corrected chi connectivity index (χ4v) is 3.67. The maximum absolute atomic E-state index is 6.34. The average Bonchev–Trinajstić information content (AvgIpc) is 2.81. The van der Waals surface area contributed by atoms with E-state index in [0.29, 0.717) is 17.4 Å². The van der Waals surface area contributed by atoms with Gasteiger partial charge in [0.1, 0.15) is 5.82 Å². The quantitative estimate of drug-likeness (QED) is 0.885. The summed E-state index contributed by atoms with van der Waals surface area (Å²) in [5.41, 5.74) is 6.81. The topological polar surface area (TPSA) is 47.1 Å². The molecule has 1 fully saturated rings. The molecule has 19 heavy (non-hydrogen) atoms. The summed E-state index contributed by atoms with van der Waals surface area (Å²) in [7, 11) is 0. The molecule has 2 heterocycles. The molecule has 2 atom stereocenters. The van der Waals surface area contributed by atoms with Gasteiger partial charge in [0.05, 0.1) is 6.54 Å². The van der Waals surface area contributed by atoms with Crippen LogP contribution in [-0.2, 0) is 13.1 Å². The summed E-state index contributed by atoms with van der Waals surface area (Å²) in [4.78, 5) is 6.97. The number of imidazole rings is 1. The summed E-state index contributed by atoms with van der Waals surface area (Å²) >= 11 is 0. The zero-order valence-corrected chi connectivity index (χ0v) is 12.2. The SMILES string of the molecule is CC1(C)CCC(N)C(CN2CCn3ccnc3C2)C1. The predicted octanol–water partition coefficient (Wildman–Crippen LogP) is 1.85. The van der Waals surface area contributed by atoms with E-state index in [4.69, 9.17) is 5.73 Å². The van der Waals surface area contributed by atoms with Crippen molar-refractivity contribution in [3.63, 3.8) is 0 Å². The minimum Gasteiger partial charge on any atom is -0.333 e. The first-order valence-electron chi connectivity index (χ1n) is 7.51. The van der Waals surface area contributed by atoms with E-state index in [-0.39, 0.29) is 0 Å². The predicted molar refractivity (Wildman–Crippen MR) is 76.6 cm³/mol. The molecule has 4 heteroatoms. The molecule has 0 saturated heterocycles. The van der Waals surface area contributed by atoms with Gasteiger partial charge in [0.2, 0.25) is 0 Å². The molecule has 0 bridgehead atoms. The number of nitrogens with two attached hydrogens (primary N) is 1.